The van der Waals surface area contributed by atoms with Crippen molar-refractivity contribution >= 4 is 27.8 Å². The van der Waals surface area contributed by atoms with Crippen molar-refractivity contribution in [3.8, 4) is 5.75 Å². The maximum absolute atomic E-state index is 12.3. The lowest BCUT2D eigenvalue weighted by atomic mass is 10.2. The van der Waals surface area contributed by atoms with Gasteiger partial charge in [-0.05, 0) is 12.1 Å². The third-order valence-electron chi connectivity index (χ3n) is 3.05. The Morgan fingerprint density at radius 3 is 2.65 bits per heavy atom. The van der Waals surface area contributed by atoms with Gasteiger partial charge in [-0.2, -0.15) is 4.73 Å². The molecule has 0 amide bonds. The summed E-state index contributed by atoms with van der Waals surface area (Å²) in [6.07, 6.45) is 0. The lowest BCUT2D eigenvalue weighted by Gasteiger charge is -2.07. The maximum atomic E-state index is 12.3. The molecular weight excluding hydrogens is 262 g/mol. The Hall–Kier alpha value is -2.96. The number of benzene rings is 2. The Morgan fingerprint density at radius 2 is 1.95 bits per heavy atom. The van der Waals surface area contributed by atoms with Crippen LogP contribution in [0.3, 0.4) is 0 Å². The predicted octanol–water partition coefficient (Wildman–Crippen LogP) is 1.94. The van der Waals surface area contributed by atoms with Crippen molar-refractivity contribution in [1.29, 1.82) is 0 Å². The van der Waals surface area contributed by atoms with Crippen molar-refractivity contribution in [3.05, 3.63) is 51.7 Å². The van der Waals surface area contributed by atoms with Crippen LogP contribution in [0.4, 0.5) is 5.69 Å². The number of nitrogens with zero attached hydrogens (tertiary/aromatic N) is 3. The summed E-state index contributed by atoms with van der Waals surface area (Å²) in [5.74, 6) is 0.0743. The summed E-state index contributed by atoms with van der Waals surface area (Å²) in [5, 5.41) is 23.5. The number of nitro benzene ring substituents is 1. The Morgan fingerprint density at radius 1 is 1.20 bits per heavy atom. The number of methoxy groups -OCH3 is 1. The van der Waals surface area contributed by atoms with Crippen molar-refractivity contribution in [2.45, 2.75) is 0 Å². The predicted molar refractivity (Wildman–Crippen MR) is 71.4 cm³/mol. The Kier molecular flexibility index (Phi) is 2.60. The molecule has 0 atom stereocenters. The molecule has 3 rings (SSSR count). The van der Waals surface area contributed by atoms with E-state index in [1.165, 1.54) is 19.2 Å². The second-order valence-electron chi connectivity index (χ2n) is 4.14. The quantitative estimate of drug-likeness (QED) is 0.233. The topological polar surface area (TPSA) is 92.2 Å². The molecule has 100 valence electrons. The van der Waals surface area contributed by atoms with Crippen LogP contribution in [0.25, 0.3) is 22.1 Å². The summed E-state index contributed by atoms with van der Waals surface area (Å²) in [7, 11) is 1.33. The molecule has 0 saturated carbocycles. The summed E-state index contributed by atoms with van der Waals surface area (Å²) in [6.45, 7) is 0. The van der Waals surface area contributed by atoms with Crippen LogP contribution in [0.1, 0.15) is 0 Å². The molecule has 2 aromatic carbocycles. The van der Waals surface area contributed by atoms with E-state index in [0.717, 1.165) is 0 Å². The first-order valence-electron chi connectivity index (χ1n) is 5.77. The van der Waals surface area contributed by atoms with E-state index >= 15 is 0 Å². The van der Waals surface area contributed by atoms with Crippen molar-refractivity contribution in [2.75, 3.05) is 7.11 Å². The monoisotopic (exact) mass is 271 g/mol. The molecule has 20 heavy (non-hydrogen) atoms. The van der Waals surface area contributed by atoms with Crippen LogP contribution in [-0.4, -0.2) is 17.0 Å². The highest BCUT2D eigenvalue weighted by Gasteiger charge is 2.26. The SMILES string of the molecule is COc1ccc2c(nc3ccccc3[n+]2[O-])c1[N+](=O)[O-]. The van der Waals surface area contributed by atoms with Gasteiger partial charge in [-0.15, -0.1) is 0 Å². The number of hydrogen-bond donors (Lipinski definition) is 0. The van der Waals surface area contributed by atoms with Gasteiger partial charge in [0.15, 0.2) is 5.75 Å². The van der Waals surface area contributed by atoms with Gasteiger partial charge in [0.1, 0.15) is 5.52 Å². The Balaban J connectivity index is 2.54. The second-order valence-corrected chi connectivity index (χ2v) is 4.14. The van der Waals surface area contributed by atoms with Crippen LogP contribution in [-0.2, 0) is 0 Å². The Labute approximate surface area is 112 Å². The number of nitro groups is 1. The molecule has 7 nitrogen and oxygen atoms in total. The number of hydrogen-bond acceptors (Lipinski definition) is 5. The van der Waals surface area contributed by atoms with Crippen molar-refractivity contribution in [1.82, 2.24) is 4.98 Å². The summed E-state index contributed by atoms with van der Waals surface area (Å²) in [4.78, 5) is 14.8. The largest absolute Gasteiger partial charge is 0.618 e. The van der Waals surface area contributed by atoms with Crippen molar-refractivity contribution in [2.24, 2.45) is 0 Å². The third kappa shape index (κ3) is 1.60. The summed E-state index contributed by atoms with van der Waals surface area (Å²) in [5.41, 5.74) is 0.602. The van der Waals surface area contributed by atoms with E-state index in [9.17, 15) is 15.3 Å². The molecule has 0 bridgehead atoms. The molecule has 3 aromatic rings. The van der Waals surface area contributed by atoms with E-state index in [1.54, 1.807) is 24.3 Å². The van der Waals surface area contributed by atoms with Gasteiger partial charge < -0.3 is 9.94 Å². The fraction of sp³-hybridized carbons (Fsp3) is 0.0769. The first-order chi connectivity index (χ1) is 9.63. The lowest BCUT2D eigenvalue weighted by Crippen LogP contribution is -2.28. The molecule has 0 aliphatic carbocycles. The van der Waals surface area contributed by atoms with Gasteiger partial charge in [-0.1, -0.05) is 12.1 Å². The summed E-state index contributed by atoms with van der Waals surface area (Å²) >= 11 is 0. The molecule has 0 spiro atoms. The zero-order valence-electron chi connectivity index (χ0n) is 10.4. The molecule has 0 radical (unpaired) electrons. The first kappa shape index (κ1) is 12.1. The molecule has 0 aliphatic heterocycles. The van der Waals surface area contributed by atoms with Crippen LogP contribution in [0.5, 0.6) is 5.75 Å². The van der Waals surface area contributed by atoms with E-state index in [-0.39, 0.29) is 22.5 Å². The average Bonchev–Trinajstić information content (AvgIpc) is 2.46. The number of para-hydroxylation sites is 2. The van der Waals surface area contributed by atoms with Crippen molar-refractivity contribution in [3.63, 3.8) is 0 Å². The molecular formula is C13H9N3O4. The smallest absolute Gasteiger partial charge is 0.343 e. The van der Waals surface area contributed by atoms with Gasteiger partial charge in [0.2, 0.25) is 16.6 Å². The average molecular weight is 271 g/mol. The molecule has 0 fully saturated rings. The number of aromatic nitrogens is 2. The van der Waals surface area contributed by atoms with Crippen LogP contribution in [0, 0.1) is 15.3 Å². The maximum Gasteiger partial charge on any atom is 0.343 e. The molecule has 7 heteroatoms. The van der Waals surface area contributed by atoms with Gasteiger partial charge >= 0.3 is 5.69 Å². The molecule has 1 aromatic heterocycles. The van der Waals surface area contributed by atoms with Gasteiger partial charge in [0.25, 0.3) is 0 Å². The molecule has 0 N–H and O–H groups in total. The van der Waals surface area contributed by atoms with E-state index in [2.05, 4.69) is 4.98 Å². The standard InChI is InChI=1S/C13H9N3O4/c1-20-11-7-6-10-12(13(11)16(18)19)14-8-4-2-3-5-9(8)15(10)17/h2-7H,1H3. The van der Waals surface area contributed by atoms with Crippen LogP contribution < -0.4 is 9.47 Å². The number of fused-ring (bicyclic) bond motifs is 2. The first-order valence-corrected chi connectivity index (χ1v) is 5.77. The zero-order chi connectivity index (χ0) is 14.3. The highest BCUT2D eigenvalue weighted by Crippen LogP contribution is 2.33. The minimum atomic E-state index is -0.594. The molecule has 0 unspecified atom stereocenters. The molecule has 0 aliphatic rings. The number of rotatable bonds is 2. The van der Waals surface area contributed by atoms with Crippen LogP contribution in [0.2, 0.25) is 0 Å². The second kappa shape index (κ2) is 4.30. The highest BCUT2D eigenvalue weighted by atomic mass is 16.6. The fourth-order valence-corrected chi connectivity index (χ4v) is 2.15. The van der Waals surface area contributed by atoms with Crippen LogP contribution >= 0.6 is 0 Å². The highest BCUT2D eigenvalue weighted by molar-refractivity contribution is 5.90. The van der Waals surface area contributed by atoms with E-state index < -0.39 is 4.92 Å². The molecule has 1 heterocycles. The minimum absolute atomic E-state index is 0.0167. The van der Waals surface area contributed by atoms with E-state index in [4.69, 9.17) is 4.74 Å². The fourth-order valence-electron chi connectivity index (χ4n) is 2.15. The van der Waals surface area contributed by atoms with Gasteiger partial charge in [0, 0.05) is 12.1 Å². The minimum Gasteiger partial charge on any atom is -0.618 e. The van der Waals surface area contributed by atoms with E-state index in [0.29, 0.717) is 15.8 Å². The van der Waals surface area contributed by atoms with Gasteiger partial charge in [0.05, 0.1) is 12.0 Å². The van der Waals surface area contributed by atoms with Crippen LogP contribution in [0.15, 0.2) is 36.4 Å². The van der Waals surface area contributed by atoms with Gasteiger partial charge in [-0.25, -0.2) is 4.98 Å². The van der Waals surface area contributed by atoms with E-state index in [1.807, 2.05) is 0 Å². The Bertz CT molecular complexity index is 848. The number of ether oxygens (including phenoxy) is 1. The van der Waals surface area contributed by atoms with Crippen molar-refractivity contribution < 1.29 is 14.4 Å². The van der Waals surface area contributed by atoms with Gasteiger partial charge in [-0.3, -0.25) is 10.1 Å². The third-order valence-corrected chi connectivity index (χ3v) is 3.05. The zero-order valence-corrected chi connectivity index (χ0v) is 10.4. The summed E-state index contributed by atoms with van der Waals surface area (Å²) in [6, 6.07) is 9.53. The normalized spacial score (nSPS) is 10.8. The lowest BCUT2D eigenvalue weighted by molar-refractivity contribution is -0.548. The summed E-state index contributed by atoms with van der Waals surface area (Å²) < 4.78 is 5.62. The molecule has 0 saturated heterocycles.